The van der Waals surface area contributed by atoms with Crippen LogP contribution in [-0.2, 0) is 27.4 Å². The Morgan fingerprint density at radius 2 is 2.07 bits per heavy atom. The number of aromatic nitrogens is 2. The maximum absolute atomic E-state index is 13.0. The first-order chi connectivity index (χ1) is 14.4. The van der Waals surface area contributed by atoms with Crippen LogP contribution in [0.1, 0.15) is 36.2 Å². The molecule has 3 rings (SSSR count). The van der Waals surface area contributed by atoms with Crippen molar-refractivity contribution in [1.29, 1.82) is 0 Å². The monoisotopic (exact) mass is 430 g/mol. The van der Waals surface area contributed by atoms with E-state index in [1.807, 2.05) is 37.3 Å². The third-order valence-corrected chi connectivity index (χ3v) is 6.32. The molecular weight excluding hydrogens is 400 g/mol. The number of amides is 2. The number of nitrogens with zero attached hydrogens (tertiary/aromatic N) is 3. The van der Waals surface area contributed by atoms with Crippen molar-refractivity contribution in [1.82, 2.24) is 14.5 Å². The van der Waals surface area contributed by atoms with Gasteiger partial charge in [-0.3, -0.25) is 9.59 Å². The molecule has 0 aliphatic carbocycles. The van der Waals surface area contributed by atoms with Gasteiger partial charge in [-0.15, -0.1) is 0 Å². The van der Waals surface area contributed by atoms with Crippen LogP contribution in [0.2, 0.25) is 0 Å². The van der Waals surface area contributed by atoms with Gasteiger partial charge in [0.15, 0.2) is 5.16 Å². The van der Waals surface area contributed by atoms with E-state index in [9.17, 15) is 9.59 Å². The maximum atomic E-state index is 13.0. The minimum atomic E-state index is -0.410. The molecule has 1 aliphatic heterocycles. The van der Waals surface area contributed by atoms with Gasteiger partial charge in [0.05, 0.1) is 24.1 Å². The standard InChI is InChI=1S/C22H30N4O3S/c1-16-17(2)26(14-19-9-6-12-29-19)22(24-16)30-15-21(28)25(11-10-20(23)27)13-18-7-4-3-5-8-18/h3-5,7-8,19H,6,9-15H2,1-2H3,(H2,23,27)/t19-/m0/s1. The number of hydrogen-bond donors (Lipinski definition) is 1. The fraction of sp³-hybridized carbons (Fsp3) is 0.500. The zero-order valence-corrected chi connectivity index (χ0v) is 18.5. The molecule has 0 saturated carbocycles. The van der Waals surface area contributed by atoms with E-state index < -0.39 is 5.91 Å². The largest absolute Gasteiger partial charge is 0.376 e. The molecule has 162 valence electrons. The summed E-state index contributed by atoms with van der Waals surface area (Å²) in [6.45, 7) is 6.38. The van der Waals surface area contributed by atoms with E-state index >= 15 is 0 Å². The van der Waals surface area contributed by atoms with Crippen LogP contribution in [0.15, 0.2) is 35.5 Å². The van der Waals surface area contributed by atoms with Gasteiger partial charge in [-0.05, 0) is 32.3 Å². The van der Waals surface area contributed by atoms with Gasteiger partial charge in [0.2, 0.25) is 11.8 Å². The number of aryl methyl sites for hydroxylation is 1. The van der Waals surface area contributed by atoms with Crippen molar-refractivity contribution in [2.75, 3.05) is 18.9 Å². The van der Waals surface area contributed by atoms with E-state index in [-0.39, 0.29) is 24.2 Å². The molecule has 2 heterocycles. The van der Waals surface area contributed by atoms with Crippen molar-refractivity contribution < 1.29 is 14.3 Å². The molecule has 0 unspecified atom stereocenters. The summed E-state index contributed by atoms with van der Waals surface area (Å²) in [4.78, 5) is 30.6. The average Bonchev–Trinajstić information content (AvgIpc) is 3.34. The number of carbonyl (C=O) groups excluding carboxylic acids is 2. The molecular formula is C22H30N4O3S. The second kappa shape index (κ2) is 10.6. The number of nitrogens with two attached hydrogens (primary N) is 1. The molecule has 2 amide bonds. The highest BCUT2D eigenvalue weighted by Gasteiger charge is 2.22. The van der Waals surface area contributed by atoms with Crippen LogP contribution in [0.4, 0.5) is 0 Å². The van der Waals surface area contributed by atoms with Crippen molar-refractivity contribution >= 4 is 23.6 Å². The molecule has 0 spiro atoms. The van der Waals surface area contributed by atoms with Gasteiger partial charge in [0.1, 0.15) is 0 Å². The number of carbonyl (C=O) groups is 2. The summed E-state index contributed by atoms with van der Waals surface area (Å²) in [5.41, 5.74) is 8.41. The summed E-state index contributed by atoms with van der Waals surface area (Å²) < 4.78 is 7.94. The summed E-state index contributed by atoms with van der Waals surface area (Å²) >= 11 is 1.44. The molecule has 1 aromatic heterocycles. The molecule has 1 fully saturated rings. The molecule has 1 atom stereocenters. The van der Waals surface area contributed by atoms with Crippen molar-refractivity contribution in [3.8, 4) is 0 Å². The molecule has 0 radical (unpaired) electrons. The Morgan fingerprint density at radius 1 is 1.30 bits per heavy atom. The quantitative estimate of drug-likeness (QED) is 0.585. The predicted octanol–water partition coefficient (Wildman–Crippen LogP) is 2.68. The normalized spacial score (nSPS) is 16.0. The van der Waals surface area contributed by atoms with Crippen LogP contribution < -0.4 is 5.73 Å². The minimum Gasteiger partial charge on any atom is -0.376 e. The van der Waals surface area contributed by atoms with Gasteiger partial charge in [0, 0.05) is 31.8 Å². The van der Waals surface area contributed by atoms with Crippen molar-refractivity contribution in [2.45, 2.75) is 57.5 Å². The number of ether oxygens (including phenoxy) is 1. The third kappa shape index (κ3) is 6.09. The number of thioether (sulfide) groups is 1. The van der Waals surface area contributed by atoms with Gasteiger partial charge in [0.25, 0.3) is 0 Å². The molecule has 30 heavy (non-hydrogen) atoms. The minimum absolute atomic E-state index is 0.0351. The lowest BCUT2D eigenvalue weighted by Crippen LogP contribution is -2.35. The molecule has 1 saturated heterocycles. The fourth-order valence-electron chi connectivity index (χ4n) is 3.50. The summed E-state index contributed by atoms with van der Waals surface area (Å²) in [5, 5.41) is 0.836. The van der Waals surface area contributed by atoms with Crippen LogP contribution in [0.25, 0.3) is 0 Å². The SMILES string of the molecule is Cc1nc(SCC(=O)N(CCC(N)=O)Cc2ccccc2)n(C[C@@H]2CCCO2)c1C. The Bertz CT molecular complexity index is 863. The Labute approximate surface area is 182 Å². The lowest BCUT2D eigenvalue weighted by atomic mass is 10.2. The van der Waals surface area contributed by atoms with Crippen LogP contribution in [0.3, 0.4) is 0 Å². The Morgan fingerprint density at radius 3 is 2.73 bits per heavy atom. The predicted molar refractivity (Wildman–Crippen MR) is 117 cm³/mol. The molecule has 2 aromatic rings. The third-order valence-electron chi connectivity index (χ3n) is 5.35. The van der Waals surface area contributed by atoms with Crippen LogP contribution in [0.5, 0.6) is 0 Å². The lowest BCUT2D eigenvalue weighted by molar-refractivity contribution is -0.129. The second-order valence-electron chi connectivity index (χ2n) is 7.62. The Balaban J connectivity index is 1.66. The first-order valence-electron chi connectivity index (χ1n) is 10.3. The zero-order valence-electron chi connectivity index (χ0n) is 17.7. The lowest BCUT2D eigenvalue weighted by Gasteiger charge is -2.22. The summed E-state index contributed by atoms with van der Waals surface area (Å²) in [5.74, 6) is -0.188. The Kier molecular flexibility index (Phi) is 7.93. The van der Waals surface area contributed by atoms with Crippen molar-refractivity contribution in [3.05, 3.63) is 47.3 Å². The number of hydrogen-bond acceptors (Lipinski definition) is 5. The number of imidazole rings is 1. The van der Waals surface area contributed by atoms with Crippen LogP contribution in [-0.4, -0.2) is 51.3 Å². The average molecular weight is 431 g/mol. The van der Waals surface area contributed by atoms with Crippen molar-refractivity contribution in [2.24, 2.45) is 5.73 Å². The van der Waals surface area contributed by atoms with Gasteiger partial charge in [-0.25, -0.2) is 4.98 Å². The highest BCUT2D eigenvalue weighted by atomic mass is 32.2. The van der Waals surface area contributed by atoms with Crippen LogP contribution >= 0.6 is 11.8 Å². The van der Waals surface area contributed by atoms with E-state index in [0.29, 0.717) is 13.1 Å². The maximum Gasteiger partial charge on any atom is 0.233 e. The molecule has 8 heteroatoms. The first kappa shape index (κ1) is 22.4. The van der Waals surface area contributed by atoms with Gasteiger partial charge >= 0.3 is 0 Å². The topological polar surface area (TPSA) is 90.5 Å². The molecule has 2 N–H and O–H groups in total. The van der Waals surface area contributed by atoms with Gasteiger partial charge in [-0.1, -0.05) is 42.1 Å². The number of primary amides is 1. The highest BCUT2D eigenvalue weighted by molar-refractivity contribution is 7.99. The number of rotatable bonds is 10. The highest BCUT2D eigenvalue weighted by Crippen LogP contribution is 2.25. The first-order valence-corrected chi connectivity index (χ1v) is 11.3. The van der Waals surface area contributed by atoms with Crippen molar-refractivity contribution in [3.63, 3.8) is 0 Å². The summed E-state index contributed by atoms with van der Waals surface area (Å²) in [6.07, 6.45) is 2.50. The summed E-state index contributed by atoms with van der Waals surface area (Å²) in [7, 11) is 0. The molecule has 1 aliphatic rings. The fourth-order valence-corrected chi connectivity index (χ4v) is 4.50. The van der Waals surface area contributed by atoms with Crippen LogP contribution in [0, 0.1) is 13.8 Å². The van der Waals surface area contributed by atoms with Gasteiger partial charge in [-0.2, -0.15) is 0 Å². The van der Waals surface area contributed by atoms with E-state index in [2.05, 4.69) is 16.5 Å². The number of benzene rings is 1. The Hall–Kier alpha value is -2.32. The van der Waals surface area contributed by atoms with E-state index in [4.69, 9.17) is 10.5 Å². The zero-order chi connectivity index (χ0) is 21.5. The molecule has 1 aromatic carbocycles. The smallest absolute Gasteiger partial charge is 0.233 e. The van der Waals surface area contributed by atoms with E-state index in [1.165, 1.54) is 11.8 Å². The van der Waals surface area contributed by atoms with E-state index in [1.54, 1.807) is 4.90 Å². The molecule has 0 bridgehead atoms. The van der Waals surface area contributed by atoms with Gasteiger partial charge < -0.3 is 19.9 Å². The summed E-state index contributed by atoms with van der Waals surface area (Å²) in [6, 6.07) is 9.76. The second-order valence-corrected chi connectivity index (χ2v) is 8.56. The van der Waals surface area contributed by atoms with E-state index in [0.717, 1.165) is 48.1 Å². The molecule has 7 nitrogen and oxygen atoms in total.